The van der Waals surface area contributed by atoms with Gasteiger partial charge >= 0.3 is 13.7 Å². The lowest BCUT2D eigenvalue weighted by atomic mass is 10.3. The molecule has 0 aromatic heterocycles. The zero-order chi connectivity index (χ0) is 13.6. The summed E-state index contributed by atoms with van der Waals surface area (Å²) in [5, 5.41) is 11.1. The molecule has 7 heteroatoms. The SMILES string of the molecule is CCO[P@@](=O)(N[C@@H](C)C(=O)O)Oc1ccccc1. The second-order valence-corrected chi connectivity index (χ2v) is 5.20. The summed E-state index contributed by atoms with van der Waals surface area (Å²) in [6, 6.07) is 7.40. The molecule has 0 amide bonds. The molecule has 0 aliphatic carbocycles. The van der Waals surface area contributed by atoms with Crippen molar-refractivity contribution in [3.63, 3.8) is 0 Å². The van der Waals surface area contributed by atoms with E-state index >= 15 is 0 Å². The molecule has 0 bridgehead atoms. The quantitative estimate of drug-likeness (QED) is 0.741. The molecule has 0 saturated heterocycles. The monoisotopic (exact) mass is 273 g/mol. The van der Waals surface area contributed by atoms with Gasteiger partial charge < -0.3 is 9.63 Å². The summed E-state index contributed by atoms with van der Waals surface area (Å²) in [7, 11) is -3.68. The minimum Gasteiger partial charge on any atom is -0.480 e. The van der Waals surface area contributed by atoms with Gasteiger partial charge in [0.05, 0.1) is 6.61 Å². The largest absolute Gasteiger partial charge is 0.480 e. The lowest BCUT2D eigenvalue weighted by Gasteiger charge is -2.21. The molecule has 0 aliphatic rings. The van der Waals surface area contributed by atoms with Gasteiger partial charge in [0.2, 0.25) is 0 Å². The van der Waals surface area contributed by atoms with E-state index in [1.165, 1.54) is 6.92 Å². The molecule has 6 nitrogen and oxygen atoms in total. The standard InChI is InChI=1S/C11H16NO5P/c1-3-16-18(15,12-9(2)11(13)14)17-10-7-5-4-6-8-10/h4-9H,3H2,1-2H3,(H,12,15)(H,13,14)/t9-,18-/m0/s1. The van der Waals surface area contributed by atoms with Crippen molar-refractivity contribution in [1.82, 2.24) is 5.09 Å². The zero-order valence-corrected chi connectivity index (χ0v) is 11.1. The van der Waals surface area contributed by atoms with Crippen LogP contribution in [0.3, 0.4) is 0 Å². The van der Waals surface area contributed by atoms with Crippen molar-refractivity contribution in [3.05, 3.63) is 30.3 Å². The van der Waals surface area contributed by atoms with Crippen LogP contribution < -0.4 is 9.61 Å². The summed E-state index contributed by atoms with van der Waals surface area (Å²) in [5.41, 5.74) is 0. The number of benzene rings is 1. The lowest BCUT2D eigenvalue weighted by molar-refractivity contribution is -0.138. The number of para-hydroxylation sites is 1. The number of aliphatic carboxylic acids is 1. The van der Waals surface area contributed by atoms with E-state index in [1.54, 1.807) is 37.3 Å². The Balaban J connectivity index is 2.80. The Morgan fingerprint density at radius 2 is 2.06 bits per heavy atom. The van der Waals surface area contributed by atoms with Crippen LogP contribution in [0.2, 0.25) is 0 Å². The summed E-state index contributed by atoms with van der Waals surface area (Å²) in [4.78, 5) is 10.7. The van der Waals surface area contributed by atoms with Gasteiger partial charge in [0.15, 0.2) is 0 Å². The van der Waals surface area contributed by atoms with E-state index in [2.05, 4.69) is 5.09 Å². The Morgan fingerprint density at radius 1 is 1.44 bits per heavy atom. The molecule has 0 spiro atoms. The fourth-order valence-corrected chi connectivity index (χ4v) is 2.68. The first-order valence-electron chi connectivity index (χ1n) is 5.46. The number of hydrogen-bond acceptors (Lipinski definition) is 4. The summed E-state index contributed by atoms with van der Waals surface area (Å²) in [5.74, 6) is -0.786. The third-order valence-corrected chi connectivity index (χ3v) is 3.74. The van der Waals surface area contributed by atoms with E-state index in [4.69, 9.17) is 14.2 Å². The molecule has 0 saturated carbocycles. The van der Waals surface area contributed by atoms with Crippen LogP contribution in [0.1, 0.15) is 13.8 Å². The van der Waals surface area contributed by atoms with Crippen molar-refractivity contribution in [1.29, 1.82) is 0 Å². The minimum absolute atomic E-state index is 0.142. The fraction of sp³-hybridized carbons (Fsp3) is 0.364. The molecule has 100 valence electrons. The average Bonchev–Trinajstić information content (AvgIpc) is 2.29. The smallest absolute Gasteiger partial charge is 0.459 e. The van der Waals surface area contributed by atoms with Gasteiger partial charge in [-0.25, -0.2) is 4.57 Å². The Hall–Kier alpha value is -1.36. The molecule has 18 heavy (non-hydrogen) atoms. The first kappa shape index (κ1) is 14.7. The lowest BCUT2D eigenvalue weighted by Crippen LogP contribution is -2.33. The second kappa shape index (κ2) is 6.54. The maximum atomic E-state index is 12.3. The number of nitrogens with one attached hydrogen (secondary N) is 1. The summed E-state index contributed by atoms with van der Waals surface area (Å²) >= 11 is 0. The van der Waals surface area contributed by atoms with Gasteiger partial charge in [0.25, 0.3) is 0 Å². The van der Waals surface area contributed by atoms with E-state index in [0.717, 1.165) is 0 Å². The predicted octanol–water partition coefficient (Wildman–Crippen LogP) is 2.27. The van der Waals surface area contributed by atoms with Gasteiger partial charge in [-0.1, -0.05) is 18.2 Å². The number of rotatable bonds is 7. The second-order valence-electron chi connectivity index (χ2n) is 3.51. The van der Waals surface area contributed by atoms with E-state index in [1.807, 2.05) is 0 Å². The van der Waals surface area contributed by atoms with Crippen LogP contribution in [0.4, 0.5) is 0 Å². The summed E-state index contributed by atoms with van der Waals surface area (Å²) < 4.78 is 22.5. The molecule has 2 atom stereocenters. The van der Waals surface area contributed by atoms with Crippen molar-refractivity contribution >= 4 is 13.7 Å². The van der Waals surface area contributed by atoms with Crippen LogP contribution in [0.25, 0.3) is 0 Å². The van der Waals surface area contributed by atoms with Gasteiger partial charge in [0, 0.05) is 0 Å². The fourth-order valence-electron chi connectivity index (χ4n) is 1.17. The molecule has 2 N–H and O–H groups in total. The highest BCUT2D eigenvalue weighted by molar-refractivity contribution is 7.52. The van der Waals surface area contributed by atoms with Gasteiger partial charge in [-0.15, -0.1) is 0 Å². The third-order valence-electron chi connectivity index (χ3n) is 1.99. The van der Waals surface area contributed by atoms with Crippen LogP contribution >= 0.6 is 7.75 Å². The van der Waals surface area contributed by atoms with Gasteiger partial charge in [-0.05, 0) is 26.0 Å². The maximum Gasteiger partial charge on any atom is 0.459 e. The molecular formula is C11H16NO5P. The molecule has 0 radical (unpaired) electrons. The minimum atomic E-state index is -3.68. The molecule has 1 aromatic carbocycles. The molecule has 1 rings (SSSR count). The van der Waals surface area contributed by atoms with E-state index in [0.29, 0.717) is 5.75 Å². The topological polar surface area (TPSA) is 84.9 Å². The molecular weight excluding hydrogens is 257 g/mol. The molecule has 0 heterocycles. The molecule has 0 aliphatic heterocycles. The zero-order valence-electron chi connectivity index (χ0n) is 10.2. The first-order chi connectivity index (χ1) is 8.47. The normalized spacial score (nSPS) is 15.7. The number of carboxylic acids is 1. The highest BCUT2D eigenvalue weighted by Crippen LogP contribution is 2.44. The Bertz CT molecular complexity index is 436. The van der Waals surface area contributed by atoms with E-state index in [9.17, 15) is 9.36 Å². The Morgan fingerprint density at radius 3 is 2.56 bits per heavy atom. The number of carboxylic acid groups (broad SMARTS) is 1. The van der Waals surface area contributed by atoms with Gasteiger partial charge in [-0.3, -0.25) is 9.32 Å². The van der Waals surface area contributed by atoms with Crippen LogP contribution in [-0.2, 0) is 13.9 Å². The summed E-state index contributed by atoms with van der Waals surface area (Å²) in [6.45, 7) is 3.15. The highest BCUT2D eigenvalue weighted by atomic mass is 31.2. The summed E-state index contributed by atoms with van der Waals surface area (Å²) in [6.07, 6.45) is 0. The van der Waals surface area contributed by atoms with Crippen molar-refractivity contribution in [2.45, 2.75) is 19.9 Å². The van der Waals surface area contributed by atoms with Gasteiger partial charge in [0.1, 0.15) is 11.8 Å². The Kier molecular flexibility index (Phi) is 5.34. The van der Waals surface area contributed by atoms with E-state index < -0.39 is 19.8 Å². The molecule has 0 fully saturated rings. The predicted molar refractivity (Wildman–Crippen MR) is 66.5 cm³/mol. The number of hydrogen-bond donors (Lipinski definition) is 2. The Labute approximate surface area is 106 Å². The van der Waals surface area contributed by atoms with E-state index in [-0.39, 0.29) is 6.61 Å². The molecule has 1 aromatic rings. The van der Waals surface area contributed by atoms with Gasteiger partial charge in [-0.2, -0.15) is 5.09 Å². The number of carbonyl (C=O) groups is 1. The highest BCUT2D eigenvalue weighted by Gasteiger charge is 2.30. The molecule has 0 unspecified atom stereocenters. The van der Waals surface area contributed by atoms with Crippen molar-refractivity contribution in [2.24, 2.45) is 0 Å². The average molecular weight is 273 g/mol. The first-order valence-corrected chi connectivity index (χ1v) is 7.01. The van der Waals surface area contributed by atoms with Crippen LogP contribution in [-0.4, -0.2) is 23.7 Å². The van der Waals surface area contributed by atoms with Crippen molar-refractivity contribution < 1.29 is 23.5 Å². The van der Waals surface area contributed by atoms with Crippen LogP contribution in [0.15, 0.2) is 30.3 Å². The van der Waals surface area contributed by atoms with Crippen molar-refractivity contribution in [2.75, 3.05) is 6.61 Å². The van der Waals surface area contributed by atoms with Crippen molar-refractivity contribution in [3.8, 4) is 5.75 Å². The van der Waals surface area contributed by atoms with Crippen LogP contribution in [0.5, 0.6) is 5.75 Å². The third kappa shape index (κ3) is 4.49. The maximum absolute atomic E-state index is 12.3. The van der Waals surface area contributed by atoms with Crippen LogP contribution in [0, 0.1) is 0 Å².